The summed E-state index contributed by atoms with van der Waals surface area (Å²) >= 11 is 0. The molecule has 0 fully saturated rings. The van der Waals surface area contributed by atoms with Crippen LogP contribution in [0.4, 0.5) is 0 Å². The molecule has 21 heavy (non-hydrogen) atoms. The van der Waals surface area contributed by atoms with Gasteiger partial charge in [-0.25, -0.2) is 0 Å². The van der Waals surface area contributed by atoms with Crippen molar-refractivity contribution in [3.8, 4) is 5.75 Å². The summed E-state index contributed by atoms with van der Waals surface area (Å²) in [5.74, 6) is 0.712. The van der Waals surface area contributed by atoms with Gasteiger partial charge in [0.15, 0.2) is 0 Å². The number of likely N-dealkylation sites (N-methyl/N-ethyl adjacent to an activating group) is 1. The number of rotatable bonds is 8. The Morgan fingerprint density at radius 1 is 1.38 bits per heavy atom. The first-order valence-corrected chi connectivity index (χ1v) is 7.33. The van der Waals surface area contributed by atoms with E-state index in [2.05, 4.69) is 5.32 Å². The van der Waals surface area contributed by atoms with Gasteiger partial charge in [0.1, 0.15) is 5.75 Å². The van der Waals surface area contributed by atoms with Crippen molar-refractivity contribution in [3.63, 3.8) is 0 Å². The van der Waals surface area contributed by atoms with E-state index in [0.29, 0.717) is 6.54 Å². The van der Waals surface area contributed by atoms with E-state index < -0.39 is 0 Å². The number of nitrogens with zero attached hydrogens (tertiary/aromatic N) is 1. The molecule has 1 aromatic carbocycles. The van der Waals surface area contributed by atoms with Crippen LogP contribution in [0.2, 0.25) is 0 Å². The van der Waals surface area contributed by atoms with E-state index in [9.17, 15) is 4.79 Å². The van der Waals surface area contributed by atoms with Gasteiger partial charge in [-0.3, -0.25) is 9.69 Å². The number of hydrogen-bond acceptors (Lipinski definition) is 4. The van der Waals surface area contributed by atoms with Gasteiger partial charge in [0, 0.05) is 12.1 Å². The van der Waals surface area contributed by atoms with Crippen LogP contribution in [0.1, 0.15) is 32.4 Å². The lowest BCUT2D eigenvalue weighted by Gasteiger charge is -2.27. The molecule has 0 heterocycles. The third-order valence-corrected chi connectivity index (χ3v) is 3.68. The van der Waals surface area contributed by atoms with E-state index in [-0.39, 0.29) is 24.6 Å². The van der Waals surface area contributed by atoms with Gasteiger partial charge in [-0.15, -0.1) is 0 Å². The van der Waals surface area contributed by atoms with Gasteiger partial charge < -0.3 is 15.2 Å². The summed E-state index contributed by atoms with van der Waals surface area (Å²) in [4.78, 5) is 14.3. The van der Waals surface area contributed by atoms with Crippen LogP contribution in [-0.2, 0) is 4.79 Å². The highest BCUT2D eigenvalue weighted by Gasteiger charge is 2.22. The molecule has 0 aliphatic heterocycles. The van der Waals surface area contributed by atoms with Gasteiger partial charge in [-0.05, 0) is 26.5 Å². The summed E-state index contributed by atoms with van der Waals surface area (Å²) < 4.78 is 5.32. The summed E-state index contributed by atoms with van der Waals surface area (Å²) in [6, 6.07) is 7.24. The summed E-state index contributed by atoms with van der Waals surface area (Å²) in [6.45, 7) is 7.02. The SMILES string of the molecule is CCN(CCO)C(C)C(=O)NC(C)c1ccccc1OC. The summed E-state index contributed by atoms with van der Waals surface area (Å²) in [7, 11) is 1.62. The molecule has 1 amide bonds. The van der Waals surface area contributed by atoms with Gasteiger partial charge in [-0.1, -0.05) is 25.1 Å². The zero-order chi connectivity index (χ0) is 15.8. The molecule has 2 atom stereocenters. The average Bonchev–Trinajstić information content (AvgIpc) is 2.51. The normalized spacial score (nSPS) is 13.8. The second kappa shape index (κ2) is 8.64. The molecular weight excluding hydrogens is 268 g/mol. The Kier molecular flexibility index (Phi) is 7.19. The van der Waals surface area contributed by atoms with E-state index in [1.54, 1.807) is 7.11 Å². The minimum atomic E-state index is -0.278. The number of aliphatic hydroxyl groups is 1. The van der Waals surface area contributed by atoms with Crippen LogP contribution in [0, 0.1) is 0 Å². The van der Waals surface area contributed by atoms with Crippen LogP contribution >= 0.6 is 0 Å². The molecule has 118 valence electrons. The Balaban J connectivity index is 2.73. The van der Waals surface area contributed by atoms with Crippen molar-refractivity contribution in [2.75, 3.05) is 26.8 Å². The van der Waals surface area contributed by atoms with Crippen LogP contribution in [0.5, 0.6) is 5.75 Å². The van der Waals surface area contributed by atoms with Gasteiger partial charge in [0.25, 0.3) is 0 Å². The Labute approximate surface area is 126 Å². The van der Waals surface area contributed by atoms with Crippen molar-refractivity contribution in [1.29, 1.82) is 0 Å². The van der Waals surface area contributed by atoms with E-state index in [1.807, 2.05) is 49.9 Å². The van der Waals surface area contributed by atoms with E-state index in [4.69, 9.17) is 9.84 Å². The molecule has 0 aromatic heterocycles. The molecular formula is C16H26N2O3. The van der Waals surface area contributed by atoms with Gasteiger partial charge in [-0.2, -0.15) is 0 Å². The summed E-state index contributed by atoms with van der Waals surface area (Å²) in [6.07, 6.45) is 0. The van der Waals surface area contributed by atoms with Crippen LogP contribution in [-0.4, -0.2) is 48.8 Å². The minimum absolute atomic E-state index is 0.0491. The summed E-state index contributed by atoms with van der Waals surface area (Å²) in [5.41, 5.74) is 0.950. The maximum atomic E-state index is 12.3. The molecule has 5 heteroatoms. The van der Waals surface area contributed by atoms with Gasteiger partial charge >= 0.3 is 0 Å². The number of methoxy groups -OCH3 is 1. The molecule has 0 saturated heterocycles. The predicted octanol–water partition coefficient (Wildman–Crippen LogP) is 1.58. The number of benzene rings is 1. The Hall–Kier alpha value is -1.59. The van der Waals surface area contributed by atoms with Crippen molar-refractivity contribution < 1.29 is 14.6 Å². The first-order chi connectivity index (χ1) is 10.0. The van der Waals surface area contributed by atoms with Crippen LogP contribution in [0.15, 0.2) is 24.3 Å². The average molecular weight is 294 g/mol. The fraction of sp³-hybridized carbons (Fsp3) is 0.562. The van der Waals surface area contributed by atoms with E-state index in [0.717, 1.165) is 17.9 Å². The van der Waals surface area contributed by atoms with E-state index >= 15 is 0 Å². The fourth-order valence-electron chi connectivity index (χ4n) is 2.36. The number of hydrogen-bond donors (Lipinski definition) is 2. The Morgan fingerprint density at radius 3 is 2.62 bits per heavy atom. The first-order valence-electron chi connectivity index (χ1n) is 7.33. The highest BCUT2D eigenvalue weighted by Crippen LogP contribution is 2.24. The van der Waals surface area contributed by atoms with Crippen molar-refractivity contribution in [2.45, 2.75) is 32.9 Å². The topological polar surface area (TPSA) is 61.8 Å². The zero-order valence-electron chi connectivity index (χ0n) is 13.3. The van der Waals surface area contributed by atoms with Crippen molar-refractivity contribution in [1.82, 2.24) is 10.2 Å². The number of carbonyl (C=O) groups is 1. The second-order valence-corrected chi connectivity index (χ2v) is 5.00. The van der Waals surface area contributed by atoms with Crippen molar-refractivity contribution in [3.05, 3.63) is 29.8 Å². The lowest BCUT2D eigenvalue weighted by molar-refractivity contribution is -0.126. The van der Waals surface area contributed by atoms with E-state index in [1.165, 1.54) is 0 Å². The van der Waals surface area contributed by atoms with Gasteiger partial charge in [0.2, 0.25) is 5.91 Å². The van der Waals surface area contributed by atoms with Gasteiger partial charge in [0.05, 0.1) is 25.8 Å². The molecule has 0 aliphatic rings. The smallest absolute Gasteiger partial charge is 0.237 e. The summed E-state index contributed by atoms with van der Waals surface area (Å²) in [5, 5.41) is 12.0. The van der Waals surface area contributed by atoms with Crippen molar-refractivity contribution in [2.24, 2.45) is 0 Å². The number of ether oxygens (including phenoxy) is 1. The Morgan fingerprint density at radius 2 is 2.05 bits per heavy atom. The van der Waals surface area contributed by atoms with Crippen molar-refractivity contribution >= 4 is 5.91 Å². The maximum Gasteiger partial charge on any atom is 0.237 e. The lowest BCUT2D eigenvalue weighted by Crippen LogP contribution is -2.46. The molecule has 1 aromatic rings. The zero-order valence-corrected chi connectivity index (χ0v) is 13.3. The molecule has 0 saturated carbocycles. The second-order valence-electron chi connectivity index (χ2n) is 5.00. The van der Waals surface area contributed by atoms with Crippen LogP contribution < -0.4 is 10.1 Å². The largest absolute Gasteiger partial charge is 0.496 e. The molecule has 1 rings (SSSR count). The molecule has 0 radical (unpaired) electrons. The predicted molar refractivity (Wildman–Crippen MR) is 83.3 cm³/mol. The molecule has 0 aliphatic carbocycles. The number of nitrogens with one attached hydrogen (secondary N) is 1. The monoisotopic (exact) mass is 294 g/mol. The number of aliphatic hydroxyl groups excluding tert-OH is 1. The Bertz CT molecular complexity index is 451. The fourth-order valence-corrected chi connectivity index (χ4v) is 2.36. The van der Waals surface area contributed by atoms with Crippen LogP contribution in [0.25, 0.3) is 0 Å². The third kappa shape index (κ3) is 4.72. The molecule has 5 nitrogen and oxygen atoms in total. The molecule has 2 unspecified atom stereocenters. The molecule has 2 N–H and O–H groups in total. The highest BCUT2D eigenvalue weighted by molar-refractivity contribution is 5.81. The number of amides is 1. The minimum Gasteiger partial charge on any atom is -0.496 e. The maximum absolute atomic E-state index is 12.3. The quantitative estimate of drug-likeness (QED) is 0.764. The lowest BCUT2D eigenvalue weighted by atomic mass is 10.1. The molecule has 0 spiro atoms. The first kappa shape index (κ1) is 17.5. The third-order valence-electron chi connectivity index (χ3n) is 3.68. The standard InChI is InChI=1S/C16H26N2O3/c1-5-18(10-11-19)13(3)16(20)17-12(2)14-8-6-7-9-15(14)21-4/h6-9,12-13,19H,5,10-11H2,1-4H3,(H,17,20). The number of para-hydroxylation sites is 1. The highest BCUT2D eigenvalue weighted by atomic mass is 16.5. The van der Waals surface area contributed by atoms with Crippen LogP contribution in [0.3, 0.4) is 0 Å². The number of carbonyl (C=O) groups excluding carboxylic acids is 1. The molecule has 0 bridgehead atoms.